The summed E-state index contributed by atoms with van der Waals surface area (Å²) in [5.41, 5.74) is 2.68. The molecular weight excluding hydrogens is 276 g/mol. The number of benzene rings is 2. The highest BCUT2D eigenvalue weighted by Gasteiger charge is 2.21. The van der Waals surface area contributed by atoms with Gasteiger partial charge >= 0.3 is 0 Å². The second-order valence-electron chi connectivity index (χ2n) is 5.65. The molecule has 1 N–H and O–H groups in total. The third-order valence-corrected chi connectivity index (χ3v) is 4.77. The minimum Gasteiger partial charge on any atom is -0.340 e. The molecule has 0 saturated heterocycles. The Bertz CT molecular complexity index is 564. The average molecular weight is 298 g/mol. The van der Waals surface area contributed by atoms with Gasteiger partial charge in [0.1, 0.15) is 0 Å². The van der Waals surface area contributed by atoms with E-state index in [2.05, 4.69) is 72.6 Å². The monoisotopic (exact) mass is 298 g/mol. The Morgan fingerprint density at radius 1 is 0.952 bits per heavy atom. The Balaban J connectivity index is 1.81. The number of anilines is 2. The molecule has 0 fully saturated rings. The van der Waals surface area contributed by atoms with Gasteiger partial charge in [-0.1, -0.05) is 49.9 Å². The largest absolute Gasteiger partial charge is 0.340 e. The van der Waals surface area contributed by atoms with Gasteiger partial charge in [-0.25, -0.2) is 0 Å². The fourth-order valence-electron chi connectivity index (χ4n) is 2.65. The first-order chi connectivity index (χ1) is 10.3. The summed E-state index contributed by atoms with van der Waals surface area (Å²) in [6.45, 7) is 6.50. The first-order valence-corrected chi connectivity index (χ1v) is 8.44. The molecule has 1 aliphatic rings. The standard InChI is InChI=1S/C18H22N2S/c1-14(2)19-12-7-13-20-15-8-3-5-10-17(15)21-18-11-6-4-9-16(18)20/h3-6,8-11,14,19H,7,12-13H2,1-2H3. The maximum absolute atomic E-state index is 3.50. The van der Waals surface area contributed by atoms with Crippen LogP contribution in [-0.2, 0) is 0 Å². The molecule has 2 nitrogen and oxygen atoms in total. The highest BCUT2D eigenvalue weighted by molar-refractivity contribution is 7.99. The number of nitrogens with zero attached hydrogens (tertiary/aromatic N) is 1. The zero-order valence-corrected chi connectivity index (χ0v) is 13.5. The molecule has 21 heavy (non-hydrogen) atoms. The lowest BCUT2D eigenvalue weighted by atomic mass is 10.2. The van der Waals surface area contributed by atoms with Crippen molar-refractivity contribution in [1.82, 2.24) is 5.32 Å². The second-order valence-corrected chi connectivity index (χ2v) is 6.74. The van der Waals surface area contributed by atoms with E-state index in [4.69, 9.17) is 0 Å². The van der Waals surface area contributed by atoms with Gasteiger partial charge in [-0.15, -0.1) is 0 Å². The normalized spacial score (nSPS) is 13.2. The molecular formula is C18H22N2S. The molecule has 0 amide bonds. The van der Waals surface area contributed by atoms with E-state index in [-0.39, 0.29) is 0 Å². The molecule has 1 aliphatic heterocycles. The van der Waals surface area contributed by atoms with Crippen molar-refractivity contribution in [3.63, 3.8) is 0 Å². The molecule has 0 radical (unpaired) electrons. The third kappa shape index (κ3) is 3.25. The summed E-state index contributed by atoms with van der Waals surface area (Å²) in [5.74, 6) is 0. The third-order valence-electron chi connectivity index (χ3n) is 3.64. The van der Waals surface area contributed by atoms with Gasteiger partial charge in [-0.2, -0.15) is 0 Å². The van der Waals surface area contributed by atoms with E-state index in [0.717, 1.165) is 19.5 Å². The smallest absolute Gasteiger partial charge is 0.0552 e. The van der Waals surface area contributed by atoms with Crippen molar-refractivity contribution >= 4 is 23.1 Å². The van der Waals surface area contributed by atoms with Crippen LogP contribution in [0.25, 0.3) is 0 Å². The van der Waals surface area contributed by atoms with E-state index in [1.165, 1.54) is 21.2 Å². The summed E-state index contributed by atoms with van der Waals surface area (Å²) < 4.78 is 0. The predicted molar refractivity (Wildman–Crippen MR) is 91.8 cm³/mol. The van der Waals surface area contributed by atoms with Gasteiger partial charge in [0.25, 0.3) is 0 Å². The van der Waals surface area contributed by atoms with Crippen molar-refractivity contribution in [2.24, 2.45) is 0 Å². The lowest BCUT2D eigenvalue weighted by molar-refractivity contribution is 0.572. The van der Waals surface area contributed by atoms with Crippen molar-refractivity contribution < 1.29 is 0 Å². The Labute approximate surface area is 131 Å². The second kappa shape index (κ2) is 6.54. The maximum Gasteiger partial charge on any atom is 0.0552 e. The van der Waals surface area contributed by atoms with Gasteiger partial charge in [0, 0.05) is 22.4 Å². The molecule has 2 aromatic carbocycles. The molecule has 0 aliphatic carbocycles. The molecule has 0 unspecified atom stereocenters. The lowest BCUT2D eigenvalue weighted by Crippen LogP contribution is -2.28. The minimum atomic E-state index is 0.557. The number of rotatable bonds is 5. The SMILES string of the molecule is CC(C)NCCCN1c2ccccc2Sc2ccccc21. The van der Waals surface area contributed by atoms with Gasteiger partial charge in [0.15, 0.2) is 0 Å². The summed E-state index contributed by atoms with van der Waals surface area (Å²) >= 11 is 1.87. The van der Waals surface area contributed by atoms with Crippen molar-refractivity contribution in [2.45, 2.75) is 36.1 Å². The minimum absolute atomic E-state index is 0.557. The fraction of sp³-hybridized carbons (Fsp3) is 0.333. The van der Waals surface area contributed by atoms with E-state index in [0.29, 0.717) is 6.04 Å². The lowest BCUT2D eigenvalue weighted by Gasteiger charge is -2.32. The van der Waals surface area contributed by atoms with Crippen LogP contribution in [0.5, 0.6) is 0 Å². The predicted octanol–water partition coefficient (Wildman–Crippen LogP) is 4.68. The Kier molecular flexibility index (Phi) is 4.51. The first kappa shape index (κ1) is 14.5. The topological polar surface area (TPSA) is 15.3 Å². The van der Waals surface area contributed by atoms with Crippen LogP contribution in [0.3, 0.4) is 0 Å². The van der Waals surface area contributed by atoms with Crippen LogP contribution in [0.15, 0.2) is 58.3 Å². The number of hydrogen-bond donors (Lipinski definition) is 1. The Morgan fingerprint density at radius 3 is 2.10 bits per heavy atom. The molecule has 0 bridgehead atoms. The Hall–Kier alpha value is -1.45. The zero-order chi connectivity index (χ0) is 14.7. The zero-order valence-electron chi connectivity index (χ0n) is 12.7. The number of fused-ring (bicyclic) bond motifs is 2. The number of hydrogen-bond acceptors (Lipinski definition) is 3. The summed E-state index contributed by atoms with van der Waals surface area (Å²) in [7, 11) is 0. The fourth-order valence-corrected chi connectivity index (χ4v) is 3.75. The molecule has 3 rings (SSSR count). The van der Waals surface area contributed by atoms with Crippen LogP contribution < -0.4 is 10.2 Å². The molecule has 0 atom stereocenters. The van der Waals surface area contributed by atoms with E-state index in [9.17, 15) is 0 Å². The van der Waals surface area contributed by atoms with Gasteiger partial charge in [-0.05, 0) is 37.2 Å². The van der Waals surface area contributed by atoms with Crippen molar-refractivity contribution in [3.05, 3.63) is 48.5 Å². The molecule has 110 valence electrons. The quantitative estimate of drug-likeness (QED) is 0.807. The van der Waals surface area contributed by atoms with E-state index in [1.54, 1.807) is 0 Å². The molecule has 0 saturated carbocycles. The molecule has 0 aromatic heterocycles. The molecule has 0 spiro atoms. The van der Waals surface area contributed by atoms with Gasteiger partial charge in [0.05, 0.1) is 11.4 Å². The number of para-hydroxylation sites is 2. The highest BCUT2D eigenvalue weighted by atomic mass is 32.2. The Morgan fingerprint density at radius 2 is 1.52 bits per heavy atom. The van der Waals surface area contributed by atoms with Crippen LogP contribution in [0, 0.1) is 0 Å². The molecule has 2 aromatic rings. The van der Waals surface area contributed by atoms with Crippen molar-refractivity contribution in [3.8, 4) is 0 Å². The summed E-state index contributed by atoms with van der Waals surface area (Å²) in [6, 6.07) is 18.0. The van der Waals surface area contributed by atoms with E-state index >= 15 is 0 Å². The highest BCUT2D eigenvalue weighted by Crippen LogP contribution is 2.47. The molecule has 3 heteroatoms. The maximum atomic E-state index is 3.50. The average Bonchev–Trinajstić information content (AvgIpc) is 2.50. The van der Waals surface area contributed by atoms with E-state index < -0.39 is 0 Å². The van der Waals surface area contributed by atoms with Crippen molar-refractivity contribution in [1.29, 1.82) is 0 Å². The summed E-state index contributed by atoms with van der Waals surface area (Å²) in [4.78, 5) is 5.17. The van der Waals surface area contributed by atoms with Crippen LogP contribution in [0.4, 0.5) is 11.4 Å². The van der Waals surface area contributed by atoms with Crippen LogP contribution in [0.1, 0.15) is 20.3 Å². The van der Waals surface area contributed by atoms with Crippen LogP contribution in [-0.4, -0.2) is 19.1 Å². The van der Waals surface area contributed by atoms with Crippen molar-refractivity contribution in [2.75, 3.05) is 18.0 Å². The van der Waals surface area contributed by atoms with Gasteiger partial charge < -0.3 is 10.2 Å². The van der Waals surface area contributed by atoms with Crippen LogP contribution in [0.2, 0.25) is 0 Å². The first-order valence-electron chi connectivity index (χ1n) is 7.62. The van der Waals surface area contributed by atoms with Gasteiger partial charge in [-0.3, -0.25) is 0 Å². The summed E-state index contributed by atoms with van der Waals surface area (Å²) in [5, 5.41) is 3.50. The van der Waals surface area contributed by atoms with E-state index in [1.807, 2.05) is 11.8 Å². The molecule has 1 heterocycles. The summed E-state index contributed by atoms with van der Waals surface area (Å²) in [6.07, 6.45) is 1.14. The van der Waals surface area contributed by atoms with Gasteiger partial charge in [0.2, 0.25) is 0 Å². The van der Waals surface area contributed by atoms with Crippen LogP contribution >= 0.6 is 11.8 Å². The number of nitrogens with one attached hydrogen (secondary N) is 1.